The molecule has 2 saturated heterocycles. The van der Waals surface area contributed by atoms with E-state index in [1.54, 1.807) is 22.6 Å². The molecule has 0 bridgehead atoms. The molecular formula is C32H30F3N5O5S. The van der Waals surface area contributed by atoms with Crippen LogP contribution in [-0.2, 0) is 20.7 Å². The number of alkyl halides is 3. The largest absolute Gasteiger partial charge is 0.490 e. The maximum Gasteiger partial charge on any atom is 0.490 e. The Balaban J connectivity index is 0.000000537. The molecule has 2 atom stereocenters. The van der Waals surface area contributed by atoms with Crippen molar-refractivity contribution in [1.82, 2.24) is 20.2 Å². The van der Waals surface area contributed by atoms with Crippen LogP contribution in [-0.4, -0.2) is 83.2 Å². The Morgan fingerprint density at radius 1 is 1.09 bits per heavy atom. The van der Waals surface area contributed by atoms with E-state index >= 15 is 0 Å². The second-order valence-electron chi connectivity index (χ2n) is 10.4. The summed E-state index contributed by atoms with van der Waals surface area (Å²) in [4.78, 5) is 32.8. The number of rotatable bonds is 5. The van der Waals surface area contributed by atoms with Gasteiger partial charge in [0, 0.05) is 31.7 Å². The van der Waals surface area contributed by atoms with Gasteiger partial charge in [0.15, 0.2) is 5.82 Å². The van der Waals surface area contributed by atoms with Gasteiger partial charge in [-0.3, -0.25) is 5.32 Å². The first-order valence-corrected chi connectivity index (χ1v) is 15.2. The Hall–Kier alpha value is -4.71. The molecule has 0 radical (unpaired) electrons. The number of aliphatic carboxylic acids is 1. The number of carboxylic acid groups (broad SMARTS) is 1. The molecule has 6 rings (SSSR count). The number of amides is 1. The molecule has 4 heterocycles. The fourth-order valence-corrected chi connectivity index (χ4v) is 5.62. The van der Waals surface area contributed by atoms with E-state index in [0.29, 0.717) is 39.3 Å². The Morgan fingerprint density at radius 2 is 1.78 bits per heavy atom. The molecule has 10 nitrogen and oxygen atoms in total. The number of carboxylic acids is 1. The van der Waals surface area contributed by atoms with E-state index in [1.807, 2.05) is 12.1 Å². The number of thiophene rings is 1. The van der Waals surface area contributed by atoms with Gasteiger partial charge in [-0.2, -0.15) is 13.2 Å². The number of hydrogen-bond acceptors (Lipinski definition) is 9. The number of benzene rings is 2. The van der Waals surface area contributed by atoms with Crippen LogP contribution in [0.3, 0.4) is 0 Å². The van der Waals surface area contributed by atoms with Gasteiger partial charge in [0.1, 0.15) is 12.4 Å². The van der Waals surface area contributed by atoms with Crippen LogP contribution in [0.1, 0.15) is 22.4 Å². The van der Waals surface area contributed by atoms with E-state index in [4.69, 9.17) is 19.4 Å². The van der Waals surface area contributed by atoms with Crippen LogP contribution in [0.4, 0.5) is 29.5 Å². The van der Waals surface area contributed by atoms with Crippen molar-refractivity contribution in [2.45, 2.75) is 31.2 Å². The maximum atomic E-state index is 12.4. The normalized spacial score (nSPS) is 17.8. The summed E-state index contributed by atoms with van der Waals surface area (Å²) in [5, 5.41) is 13.9. The zero-order chi connectivity index (χ0) is 32.5. The van der Waals surface area contributed by atoms with Crippen LogP contribution >= 0.6 is 11.3 Å². The number of nitrogens with one attached hydrogen (secondary N) is 2. The number of morpholine rings is 1. The van der Waals surface area contributed by atoms with Gasteiger partial charge in [0.25, 0.3) is 0 Å². The fourth-order valence-electron chi connectivity index (χ4n) is 4.70. The number of aromatic nitrogens is 2. The zero-order valence-electron chi connectivity index (χ0n) is 24.4. The summed E-state index contributed by atoms with van der Waals surface area (Å²) in [5.41, 5.74) is 4.38. The summed E-state index contributed by atoms with van der Waals surface area (Å²) < 4.78 is 43.7. The molecule has 0 aliphatic carbocycles. The summed E-state index contributed by atoms with van der Waals surface area (Å²) >= 11 is 1.57. The Morgan fingerprint density at radius 3 is 2.48 bits per heavy atom. The average molecular weight is 654 g/mol. The first kappa shape index (κ1) is 32.7. The van der Waals surface area contributed by atoms with Gasteiger partial charge in [-0.1, -0.05) is 54.3 Å². The van der Waals surface area contributed by atoms with Crippen molar-refractivity contribution in [3.8, 4) is 11.8 Å². The molecule has 3 N–H and O–H groups in total. The third-order valence-electron chi connectivity index (χ3n) is 7.02. The summed E-state index contributed by atoms with van der Waals surface area (Å²) in [6, 6.07) is 20.8. The van der Waals surface area contributed by atoms with Crippen LogP contribution in [0.15, 0.2) is 67.0 Å². The minimum Gasteiger partial charge on any atom is -0.475 e. The first-order chi connectivity index (χ1) is 22.1. The predicted octanol–water partition coefficient (Wildman–Crippen LogP) is 5.21. The predicted molar refractivity (Wildman–Crippen MR) is 166 cm³/mol. The van der Waals surface area contributed by atoms with Crippen molar-refractivity contribution < 1.29 is 37.3 Å². The van der Waals surface area contributed by atoms with Gasteiger partial charge in [0.05, 0.1) is 34.3 Å². The molecule has 240 valence electrons. The summed E-state index contributed by atoms with van der Waals surface area (Å²) in [6.07, 6.45) is -2.39. The van der Waals surface area contributed by atoms with E-state index in [-0.39, 0.29) is 18.2 Å². The third-order valence-corrected chi connectivity index (χ3v) is 8.06. The van der Waals surface area contributed by atoms with Crippen molar-refractivity contribution in [2.24, 2.45) is 0 Å². The molecule has 2 aromatic carbocycles. The summed E-state index contributed by atoms with van der Waals surface area (Å²) in [5.74, 6) is 4.58. The minimum atomic E-state index is -5.08. The van der Waals surface area contributed by atoms with Crippen LogP contribution in [0.5, 0.6) is 0 Å². The highest BCUT2D eigenvalue weighted by Gasteiger charge is 2.38. The second kappa shape index (κ2) is 15.0. The molecule has 2 aliphatic heterocycles. The zero-order valence-corrected chi connectivity index (χ0v) is 25.2. The number of carbonyl (C=O) groups excluding carboxylic acids is 1. The average Bonchev–Trinajstić information content (AvgIpc) is 3.69. The maximum absolute atomic E-state index is 12.4. The SMILES string of the molecule is O=C(O)C(F)(F)F.O=C(O[C@H]1CN[C@H](C#Cc2cc3ncnc(Nc4ccc(Cc5ccccc5)cc4)c3s2)C1)N1CCOCC1. The lowest BCUT2D eigenvalue weighted by molar-refractivity contribution is -0.192. The van der Waals surface area contributed by atoms with E-state index in [1.165, 1.54) is 11.1 Å². The number of fused-ring (bicyclic) bond motifs is 1. The standard InChI is InChI=1S/C30H29N5O3S.C2HF3O2/c36-30(35-12-14-37-15-13-35)38-25-17-24(31-19-25)10-11-26-18-27-28(39-26)29(33-20-32-27)34-23-8-6-22(7-9-23)16-21-4-2-1-3-5-21;3-2(4,5)1(6)7/h1-9,18,20,24-25,31H,12-17,19H2,(H,32,33,34);(H,6,7)/t24-,25-;/m1./s1. The van der Waals surface area contributed by atoms with Gasteiger partial charge in [-0.15, -0.1) is 11.3 Å². The van der Waals surface area contributed by atoms with Crippen molar-refractivity contribution in [3.63, 3.8) is 0 Å². The molecule has 14 heteroatoms. The molecule has 0 spiro atoms. The van der Waals surface area contributed by atoms with Crippen LogP contribution in [0.2, 0.25) is 0 Å². The van der Waals surface area contributed by atoms with Crippen LogP contribution in [0.25, 0.3) is 10.2 Å². The van der Waals surface area contributed by atoms with Crippen LogP contribution in [0, 0.1) is 11.8 Å². The van der Waals surface area contributed by atoms with Crippen LogP contribution < -0.4 is 10.6 Å². The lowest BCUT2D eigenvalue weighted by Crippen LogP contribution is -2.42. The number of halogens is 3. The molecule has 2 aliphatic rings. The molecule has 2 fully saturated rings. The highest BCUT2D eigenvalue weighted by atomic mass is 32.1. The molecule has 46 heavy (non-hydrogen) atoms. The second-order valence-corrected chi connectivity index (χ2v) is 11.5. The van der Waals surface area contributed by atoms with Gasteiger partial charge < -0.3 is 24.8 Å². The molecule has 0 saturated carbocycles. The van der Waals surface area contributed by atoms with Crippen molar-refractivity contribution in [1.29, 1.82) is 0 Å². The molecule has 4 aromatic rings. The lowest BCUT2D eigenvalue weighted by atomic mass is 10.0. The minimum absolute atomic E-state index is 0.0317. The van der Waals surface area contributed by atoms with E-state index in [2.05, 4.69) is 81.0 Å². The number of carbonyl (C=O) groups is 2. The Kier molecular flexibility index (Phi) is 10.7. The summed E-state index contributed by atoms with van der Waals surface area (Å²) in [7, 11) is 0. The first-order valence-electron chi connectivity index (χ1n) is 14.4. The smallest absolute Gasteiger partial charge is 0.475 e. The van der Waals surface area contributed by atoms with Crippen molar-refractivity contribution in [2.75, 3.05) is 38.2 Å². The quantitative estimate of drug-likeness (QED) is 0.249. The number of hydrogen-bond donors (Lipinski definition) is 3. The topological polar surface area (TPSA) is 126 Å². The van der Waals surface area contributed by atoms with Gasteiger partial charge in [-0.25, -0.2) is 19.6 Å². The monoisotopic (exact) mass is 653 g/mol. The van der Waals surface area contributed by atoms with Gasteiger partial charge >= 0.3 is 18.2 Å². The van der Waals surface area contributed by atoms with Crippen molar-refractivity contribution in [3.05, 3.63) is 83.0 Å². The summed E-state index contributed by atoms with van der Waals surface area (Å²) in [6.45, 7) is 2.88. The molecule has 0 unspecified atom stereocenters. The van der Waals surface area contributed by atoms with E-state index in [0.717, 1.165) is 33.0 Å². The number of anilines is 2. The molecular weight excluding hydrogens is 623 g/mol. The van der Waals surface area contributed by atoms with Crippen molar-refractivity contribution >= 4 is 45.1 Å². The van der Waals surface area contributed by atoms with Gasteiger partial charge in [0.2, 0.25) is 0 Å². The fraction of sp³-hybridized carbons (Fsp3) is 0.312. The molecule has 2 aromatic heterocycles. The van der Waals surface area contributed by atoms with E-state index in [9.17, 15) is 18.0 Å². The van der Waals surface area contributed by atoms with Gasteiger partial charge in [-0.05, 0) is 35.7 Å². The highest BCUT2D eigenvalue weighted by Crippen LogP contribution is 2.31. The van der Waals surface area contributed by atoms with E-state index < -0.39 is 12.1 Å². The number of nitrogens with zero attached hydrogens (tertiary/aromatic N) is 3. The Labute approximate surface area is 266 Å². The Bertz CT molecular complexity index is 1700. The highest BCUT2D eigenvalue weighted by molar-refractivity contribution is 7.20. The molecule has 1 amide bonds. The lowest BCUT2D eigenvalue weighted by Gasteiger charge is -2.27. The number of ether oxygens (including phenoxy) is 2. The third kappa shape index (κ3) is 9.16.